The SMILES string of the molecule is COc1ccc2c(c1)C(=O)/C(=C/c1cccc(F)c1)O2. The summed E-state index contributed by atoms with van der Waals surface area (Å²) >= 11 is 0. The van der Waals surface area contributed by atoms with Crippen LogP contribution in [0.2, 0.25) is 0 Å². The Balaban J connectivity index is 1.97. The van der Waals surface area contributed by atoms with Crippen LogP contribution in [0.15, 0.2) is 48.2 Å². The molecule has 0 fully saturated rings. The topological polar surface area (TPSA) is 35.5 Å². The molecule has 0 saturated heterocycles. The van der Waals surface area contributed by atoms with Crippen LogP contribution >= 0.6 is 0 Å². The van der Waals surface area contributed by atoms with Crippen molar-refractivity contribution < 1.29 is 18.7 Å². The molecule has 0 bridgehead atoms. The Morgan fingerprint density at radius 1 is 1.20 bits per heavy atom. The maximum Gasteiger partial charge on any atom is 0.232 e. The number of hydrogen-bond acceptors (Lipinski definition) is 3. The molecule has 0 aliphatic carbocycles. The molecule has 1 aliphatic rings. The molecule has 0 amide bonds. The molecular formula is C16H11FO3. The molecule has 0 spiro atoms. The number of allylic oxidation sites excluding steroid dienone is 1. The predicted octanol–water partition coefficient (Wildman–Crippen LogP) is 3.45. The summed E-state index contributed by atoms with van der Waals surface area (Å²) in [5.41, 5.74) is 1.03. The van der Waals surface area contributed by atoms with Crippen LogP contribution in [-0.2, 0) is 0 Å². The van der Waals surface area contributed by atoms with Gasteiger partial charge in [0.05, 0.1) is 12.7 Å². The van der Waals surface area contributed by atoms with Crippen molar-refractivity contribution in [1.29, 1.82) is 0 Å². The second-order valence-corrected chi connectivity index (χ2v) is 4.36. The van der Waals surface area contributed by atoms with Gasteiger partial charge in [0.25, 0.3) is 0 Å². The summed E-state index contributed by atoms with van der Waals surface area (Å²) in [6, 6.07) is 11.0. The monoisotopic (exact) mass is 270 g/mol. The summed E-state index contributed by atoms with van der Waals surface area (Å²) in [7, 11) is 1.53. The van der Waals surface area contributed by atoms with Crippen molar-refractivity contribution in [3.63, 3.8) is 0 Å². The first-order valence-electron chi connectivity index (χ1n) is 6.05. The number of methoxy groups -OCH3 is 1. The second kappa shape index (κ2) is 4.81. The van der Waals surface area contributed by atoms with E-state index in [0.29, 0.717) is 22.6 Å². The highest BCUT2D eigenvalue weighted by Gasteiger charge is 2.27. The van der Waals surface area contributed by atoms with E-state index >= 15 is 0 Å². The van der Waals surface area contributed by atoms with Gasteiger partial charge < -0.3 is 9.47 Å². The van der Waals surface area contributed by atoms with E-state index in [1.807, 2.05) is 0 Å². The average Bonchev–Trinajstić information content (AvgIpc) is 2.75. The lowest BCUT2D eigenvalue weighted by Gasteiger charge is -2.00. The number of fused-ring (bicyclic) bond motifs is 1. The van der Waals surface area contributed by atoms with Crippen LogP contribution in [0.3, 0.4) is 0 Å². The van der Waals surface area contributed by atoms with Crippen molar-refractivity contribution in [2.75, 3.05) is 7.11 Å². The second-order valence-electron chi connectivity index (χ2n) is 4.36. The van der Waals surface area contributed by atoms with E-state index in [1.54, 1.807) is 30.3 Å². The van der Waals surface area contributed by atoms with E-state index in [1.165, 1.54) is 25.3 Å². The molecule has 4 heteroatoms. The van der Waals surface area contributed by atoms with Gasteiger partial charge in [-0.15, -0.1) is 0 Å². The zero-order chi connectivity index (χ0) is 14.1. The molecule has 3 rings (SSSR count). The van der Waals surface area contributed by atoms with Crippen LogP contribution in [0.4, 0.5) is 4.39 Å². The van der Waals surface area contributed by atoms with E-state index in [4.69, 9.17) is 9.47 Å². The molecule has 3 nitrogen and oxygen atoms in total. The Bertz CT molecular complexity index is 719. The van der Waals surface area contributed by atoms with E-state index < -0.39 is 0 Å². The summed E-state index contributed by atoms with van der Waals surface area (Å²) in [5, 5.41) is 0. The van der Waals surface area contributed by atoms with Crippen LogP contribution in [0.1, 0.15) is 15.9 Å². The van der Waals surface area contributed by atoms with Crippen LogP contribution in [-0.4, -0.2) is 12.9 Å². The van der Waals surface area contributed by atoms with E-state index in [0.717, 1.165) is 0 Å². The highest BCUT2D eigenvalue weighted by atomic mass is 19.1. The number of rotatable bonds is 2. The summed E-state index contributed by atoms with van der Waals surface area (Å²) in [6.07, 6.45) is 1.53. The number of ketones is 1. The smallest absolute Gasteiger partial charge is 0.232 e. The third-order valence-corrected chi connectivity index (χ3v) is 3.02. The first-order chi connectivity index (χ1) is 9.67. The zero-order valence-electron chi connectivity index (χ0n) is 10.7. The van der Waals surface area contributed by atoms with Gasteiger partial charge in [0.2, 0.25) is 5.78 Å². The third-order valence-electron chi connectivity index (χ3n) is 3.02. The van der Waals surface area contributed by atoms with Crippen LogP contribution in [0.25, 0.3) is 6.08 Å². The van der Waals surface area contributed by atoms with Gasteiger partial charge in [0, 0.05) is 0 Å². The fourth-order valence-electron chi connectivity index (χ4n) is 2.04. The summed E-state index contributed by atoms with van der Waals surface area (Å²) in [4.78, 5) is 12.2. The van der Waals surface area contributed by atoms with Gasteiger partial charge >= 0.3 is 0 Å². The number of benzene rings is 2. The van der Waals surface area contributed by atoms with Crippen molar-refractivity contribution in [2.45, 2.75) is 0 Å². The Morgan fingerprint density at radius 2 is 2.05 bits per heavy atom. The maximum atomic E-state index is 13.1. The molecule has 100 valence electrons. The molecular weight excluding hydrogens is 259 g/mol. The van der Waals surface area contributed by atoms with Gasteiger partial charge in [0.1, 0.15) is 17.3 Å². The standard InChI is InChI=1S/C16H11FO3/c1-19-12-5-6-14-13(9-12)16(18)15(20-14)8-10-3-2-4-11(17)7-10/h2-9H,1H3/b15-8-. The Morgan fingerprint density at radius 3 is 2.80 bits per heavy atom. The number of halogens is 1. The number of Topliss-reactive ketones (excluding diaryl/α,β-unsaturated/α-hetero) is 1. The molecule has 0 aromatic heterocycles. The number of carbonyl (C=O) groups is 1. The number of carbonyl (C=O) groups excluding carboxylic acids is 1. The predicted molar refractivity (Wildman–Crippen MR) is 72.3 cm³/mol. The fourth-order valence-corrected chi connectivity index (χ4v) is 2.04. The van der Waals surface area contributed by atoms with Gasteiger partial charge in [-0.2, -0.15) is 0 Å². The molecule has 0 atom stereocenters. The zero-order valence-corrected chi connectivity index (χ0v) is 10.7. The Labute approximate surface area is 115 Å². The van der Waals surface area contributed by atoms with E-state index in [-0.39, 0.29) is 17.4 Å². The largest absolute Gasteiger partial charge is 0.497 e. The van der Waals surface area contributed by atoms with Crippen molar-refractivity contribution in [1.82, 2.24) is 0 Å². The maximum absolute atomic E-state index is 13.1. The summed E-state index contributed by atoms with van der Waals surface area (Å²) in [5.74, 6) is 0.664. The first kappa shape index (κ1) is 12.4. The third kappa shape index (κ3) is 2.16. The van der Waals surface area contributed by atoms with Crippen molar-refractivity contribution in [3.05, 3.63) is 65.2 Å². The molecule has 0 unspecified atom stereocenters. The summed E-state index contributed by atoms with van der Waals surface area (Å²) < 4.78 is 23.7. The summed E-state index contributed by atoms with van der Waals surface area (Å²) in [6.45, 7) is 0. The molecule has 0 N–H and O–H groups in total. The Kier molecular flexibility index (Phi) is 2.99. The van der Waals surface area contributed by atoms with E-state index in [2.05, 4.69) is 0 Å². The quantitative estimate of drug-likeness (QED) is 0.784. The average molecular weight is 270 g/mol. The van der Waals surface area contributed by atoms with E-state index in [9.17, 15) is 9.18 Å². The number of hydrogen-bond donors (Lipinski definition) is 0. The van der Waals surface area contributed by atoms with Crippen LogP contribution < -0.4 is 9.47 Å². The highest BCUT2D eigenvalue weighted by molar-refractivity contribution is 6.14. The lowest BCUT2D eigenvalue weighted by atomic mass is 10.1. The molecule has 0 saturated carbocycles. The molecule has 2 aromatic carbocycles. The van der Waals surface area contributed by atoms with Crippen LogP contribution in [0, 0.1) is 5.82 Å². The molecule has 2 aromatic rings. The van der Waals surface area contributed by atoms with Gasteiger partial charge in [0.15, 0.2) is 5.76 Å². The molecule has 20 heavy (non-hydrogen) atoms. The van der Waals surface area contributed by atoms with Crippen molar-refractivity contribution >= 4 is 11.9 Å². The molecule has 1 heterocycles. The fraction of sp³-hybridized carbons (Fsp3) is 0.0625. The Hall–Kier alpha value is -2.62. The van der Waals surface area contributed by atoms with Gasteiger partial charge in [-0.1, -0.05) is 12.1 Å². The normalized spacial score (nSPS) is 15.1. The lowest BCUT2D eigenvalue weighted by molar-refractivity contribution is 0.101. The highest BCUT2D eigenvalue weighted by Crippen LogP contribution is 2.34. The van der Waals surface area contributed by atoms with Crippen molar-refractivity contribution in [3.8, 4) is 11.5 Å². The minimum Gasteiger partial charge on any atom is -0.497 e. The van der Waals surface area contributed by atoms with Crippen molar-refractivity contribution in [2.24, 2.45) is 0 Å². The van der Waals surface area contributed by atoms with Gasteiger partial charge in [-0.25, -0.2) is 4.39 Å². The first-order valence-corrected chi connectivity index (χ1v) is 6.05. The lowest BCUT2D eigenvalue weighted by Crippen LogP contribution is -1.98. The van der Waals surface area contributed by atoms with Crippen LogP contribution in [0.5, 0.6) is 11.5 Å². The minimum absolute atomic E-state index is 0.179. The van der Waals surface area contributed by atoms with Gasteiger partial charge in [-0.05, 0) is 42.0 Å². The molecule has 0 radical (unpaired) electrons. The minimum atomic E-state index is -0.357. The van der Waals surface area contributed by atoms with Gasteiger partial charge in [-0.3, -0.25) is 4.79 Å². The molecule has 1 aliphatic heterocycles. The number of ether oxygens (including phenoxy) is 2.